The Bertz CT molecular complexity index is 407. The van der Waals surface area contributed by atoms with E-state index in [9.17, 15) is 0 Å². The minimum Gasteiger partial charge on any atom is -0.340 e. The molecule has 0 bridgehead atoms. The van der Waals surface area contributed by atoms with Crippen molar-refractivity contribution < 1.29 is 0 Å². The van der Waals surface area contributed by atoms with E-state index in [0.29, 0.717) is 0 Å². The lowest BCUT2D eigenvalue weighted by molar-refractivity contribution is 0.317. The Morgan fingerprint density at radius 3 is 2.85 bits per heavy atom. The van der Waals surface area contributed by atoms with Crippen LogP contribution in [0.2, 0.25) is 0 Å². The van der Waals surface area contributed by atoms with Gasteiger partial charge in [0.2, 0.25) is 5.95 Å². The zero-order valence-electron chi connectivity index (χ0n) is 12.3. The van der Waals surface area contributed by atoms with Crippen molar-refractivity contribution in [3.8, 4) is 0 Å². The number of thioether (sulfide) groups is 1. The van der Waals surface area contributed by atoms with Gasteiger partial charge in [-0.25, -0.2) is 0 Å². The Morgan fingerprint density at radius 1 is 1.30 bits per heavy atom. The molecule has 3 rings (SSSR count). The van der Waals surface area contributed by atoms with Crippen LogP contribution in [0.25, 0.3) is 0 Å². The van der Waals surface area contributed by atoms with Crippen molar-refractivity contribution in [2.24, 2.45) is 5.92 Å². The number of aromatic amines is 1. The van der Waals surface area contributed by atoms with E-state index >= 15 is 0 Å². The highest BCUT2D eigenvalue weighted by Gasteiger charge is 2.29. The van der Waals surface area contributed by atoms with Gasteiger partial charge in [0, 0.05) is 31.3 Å². The minimum atomic E-state index is 0.765. The van der Waals surface area contributed by atoms with Crippen molar-refractivity contribution in [2.45, 2.75) is 38.1 Å². The number of piperidine rings is 1. The number of hydrogen-bond donors (Lipinski definition) is 2. The maximum Gasteiger partial charge on any atom is 0.244 e. The molecule has 112 valence electrons. The highest BCUT2D eigenvalue weighted by Crippen LogP contribution is 2.27. The fourth-order valence-electron chi connectivity index (χ4n) is 3.35. The van der Waals surface area contributed by atoms with Crippen LogP contribution in [0, 0.1) is 5.92 Å². The van der Waals surface area contributed by atoms with Gasteiger partial charge in [-0.15, -0.1) is 5.10 Å². The molecule has 0 amide bonds. The average molecular weight is 295 g/mol. The summed E-state index contributed by atoms with van der Waals surface area (Å²) in [5.41, 5.74) is 0. The summed E-state index contributed by atoms with van der Waals surface area (Å²) >= 11 is 1.85. The van der Waals surface area contributed by atoms with Crippen molar-refractivity contribution in [1.29, 1.82) is 0 Å². The van der Waals surface area contributed by atoms with Gasteiger partial charge in [-0.1, -0.05) is 0 Å². The lowest BCUT2D eigenvalue weighted by Gasteiger charge is -2.34. The van der Waals surface area contributed by atoms with Crippen molar-refractivity contribution in [1.82, 2.24) is 20.5 Å². The van der Waals surface area contributed by atoms with E-state index in [4.69, 9.17) is 0 Å². The molecule has 0 saturated carbocycles. The Labute approximate surface area is 125 Å². The van der Waals surface area contributed by atoms with Crippen molar-refractivity contribution in [2.75, 3.05) is 36.5 Å². The summed E-state index contributed by atoms with van der Waals surface area (Å²) in [7, 11) is 0. The first kappa shape index (κ1) is 14.2. The third-order valence-electron chi connectivity index (χ3n) is 4.55. The molecule has 2 saturated heterocycles. The second kappa shape index (κ2) is 6.80. The topological polar surface area (TPSA) is 56.8 Å². The van der Waals surface area contributed by atoms with Crippen molar-refractivity contribution in [3.05, 3.63) is 5.82 Å². The van der Waals surface area contributed by atoms with Gasteiger partial charge in [0.25, 0.3) is 0 Å². The van der Waals surface area contributed by atoms with Gasteiger partial charge in [-0.3, -0.25) is 5.10 Å². The summed E-state index contributed by atoms with van der Waals surface area (Å²) in [6.45, 7) is 3.41. The van der Waals surface area contributed by atoms with E-state index in [2.05, 4.69) is 31.7 Å². The normalized spacial score (nSPS) is 24.4. The number of hydrogen-bond acceptors (Lipinski definition) is 5. The molecule has 1 atom stereocenters. The molecule has 2 aliphatic heterocycles. The molecule has 1 unspecified atom stereocenters. The van der Waals surface area contributed by atoms with Crippen LogP contribution in [0.5, 0.6) is 0 Å². The molecule has 6 heteroatoms. The van der Waals surface area contributed by atoms with Gasteiger partial charge >= 0.3 is 0 Å². The first-order valence-corrected chi connectivity index (χ1v) is 9.15. The van der Waals surface area contributed by atoms with Crippen LogP contribution in [-0.2, 0) is 6.42 Å². The molecule has 0 aliphatic carbocycles. The molecule has 0 spiro atoms. The molecule has 20 heavy (non-hydrogen) atoms. The summed E-state index contributed by atoms with van der Waals surface area (Å²) in [6, 6.07) is 0.765. The zero-order valence-corrected chi connectivity index (χ0v) is 13.1. The summed E-state index contributed by atoms with van der Waals surface area (Å²) < 4.78 is 0. The van der Waals surface area contributed by atoms with Gasteiger partial charge in [0.15, 0.2) is 0 Å². The van der Waals surface area contributed by atoms with Crippen LogP contribution in [-0.4, -0.2) is 52.9 Å². The van der Waals surface area contributed by atoms with Crippen LogP contribution in [0.1, 0.15) is 31.5 Å². The van der Waals surface area contributed by atoms with Gasteiger partial charge in [0.1, 0.15) is 5.82 Å². The number of aryl methyl sites for hydroxylation is 1. The second-order valence-electron chi connectivity index (χ2n) is 5.85. The number of H-pyrrole nitrogens is 1. The van der Waals surface area contributed by atoms with Crippen LogP contribution in [0.15, 0.2) is 0 Å². The van der Waals surface area contributed by atoms with Crippen molar-refractivity contribution >= 4 is 17.7 Å². The Morgan fingerprint density at radius 2 is 2.15 bits per heavy atom. The van der Waals surface area contributed by atoms with Crippen LogP contribution in [0.3, 0.4) is 0 Å². The number of nitrogens with zero attached hydrogens (tertiary/aromatic N) is 3. The third kappa shape index (κ3) is 3.28. The van der Waals surface area contributed by atoms with E-state index in [1.165, 1.54) is 32.2 Å². The molecule has 0 aromatic carbocycles. The average Bonchev–Trinajstić information content (AvgIpc) is 3.17. The summed E-state index contributed by atoms with van der Waals surface area (Å²) in [6.07, 6.45) is 8.36. The molecule has 5 nitrogen and oxygen atoms in total. The van der Waals surface area contributed by atoms with E-state index < -0.39 is 0 Å². The molecule has 3 heterocycles. The van der Waals surface area contributed by atoms with Gasteiger partial charge in [-0.2, -0.15) is 16.7 Å². The predicted octanol–water partition coefficient (Wildman–Crippen LogP) is 1.68. The molecule has 2 N–H and O–H groups in total. The molecule has 1 aromatic heterocycles. The second-order valence-corrected chi connectivity index (χ2v) is 6.84. The molecular weight excluding hydrogens is 270 g/mol. The SMILES string of the molecule is CSCCc1nc(N2CCC(C3CCCN3)CC2)n[nH]1. The monoisotopic (exact) mass is 295 g/mol. The quantitative estimate of drug-likeness (QED) is 0.865. The van der Waals surface area contributed by atoms with E-state index in [-0.39, 0.29) is 0 Å². The maximum absolute atomic E-state index is 4.62. The Hall–Kier alpha value is -0.750. The van der Waals surface area contributed by atoms with E-state index in [1.807, 2.05) is 11.8 Å². The number of rotatable bonds is 5. The molecular formula is C14H25N5S. The first-order valence-electron chi connectivity index (χ1n) is 7.75. The fourth-order valence-corrected chi connectivity index (χ4v) is 3.75. The molecule has 2 fully saturated rings. The summed E-state index contributed by atoms with van der Waals surface area (Å²) in [5, 5.41) is 11.1. The maximum atomic E-state index is 4.62. The first-order chi connectivity index (χ1) is 9.86. The van der Waals surface area contributed by atoms with Gasteiger partial charge < -0.3 is 10.2 Å². The van der Waals surface area contributed by atoms with E-state index in [1.54, 1.807) is 0 Å². The standard InChI is InChI=1S/C14H25N5S/c1-20-10-6-13-16-14(18-17-13)19-8-4-11(5-9-19)12-3-2-7-15-12/h11-12,15H,2-10H2,1H3,(H,16,17,18). The number of aromatic nitrogens is 3. The highest BCUT2D eigenvalue weighted by molar-refractivity contribution is 7.98. The Balaban J connectivity index is 1.51. The van der Waals surface area contributed by atoms with Crippen LogP contribution >= 0.6 is 11.8 Å². The van der Waals surface area contributed by atoms with Gasteiger partial charge in [0.05, 0.1) is 0 Å². The highest BCUT2D eigenvalue weighted by atomic mass is 32.2. The zero-order chi connectivity index (χ0) is 13.8. The minimum absolute atomic E-state index is 0.765. The number of anilines is 1. The lowest BCUT2D eigenvalue weighted by Crippen LogP contribution is -2.41. The fraction of sp³-hybridized carbons (Fsp3) is 0.857. The molecule has 1 aromatic rings. The summed E-state index contributed by atoms with van der Waals surface area (Å²) in [5.74, 6) is 3.88. The van der Waals surface area contributed by atoms with Crippen LogP contribution < -0.4 is 10.2 Å². The van der Waals surface area contributed by atoms with E-state index in [0.717, 1.165) is 49.0 Å². The molecule has 2 aliphatic rings. The lowest BCUT2D eigenvalue weighted by atomic mass is 9.89. The largest absolute Gasteiger partial charge is 0.340 e. The number of nitrogens with one attached hydrogen (secondary N) is 2. The smallest absolute Gasteiger partial charge is 0.244 e. The summed E-state index contributed by atoms with van der Waals surface area (Å²) in [4.78, 5) is 6.96. The van der Waals surface area contributed by atoms with Crippen LogP contribution in [0.4, 0.5) is 5.95 Å². The predicted molar refractivity (Wildman–Crippen MR) is 84.4 cm³/mol. The van der Waals surface area contributed by atoms with Gasteiger partial charge in [-0.05, 0) is 44.4 Å². The third-order valence-corrected chi connectivity index (χ3v) is 5.17. The van der Waals surface area contributed by atoms with Crippen molar-refractivity contribution in [3.63, 3.8) is 0 Å². The molecule has 0 radical (unpaired) electrons. The Kier molecular flexibility index (Phi) is 4.83.